The molecule has 31 heavy (non-hydrogen) atoms. The van der Waals surface area contributed by atoms with Crippen molar-refractivity contribution in [2.45, 2.75) is 24.7 Å². The van der Waals surface area contributed by atoms with Gasteiger partial charge in [-0.05, 0) is 30.7 Å². The summed E-state index contributed by atoms with van der Waals surface area (Å²) < 4.78 is 24.9. The first-order valence-corrected chi connectivity index (χ1v) is 12.3. The van der Waals surface area contributed by atoms with E-state index in [0.717, 1.165) is 18.8 Å². The lowest BCUT2D eigenvalue weighted by atomic mass is 10.2. The van der Waals surface area contributed by atoms with E-state index in [0.29, 0.717) is 19.5 Å². The van der Waals surface area contributed by atoms with Gasteiger partial charge in [0.15, 0.2) is 9.84 Å². The first-order valence-electron chi connectivity index (χ1n) is 10.6. The van der Waals surface area contributed by atoms with E-state index in [2.05, 4.69) is 22.3 Å². The van der Waals surface area contributed by atoms with Gasteiger partial charge in [-0.1, -0.05) is 37.3 Å². The van der Waals surface area contributed by atoms with Crippen LogP contribution in [0.15, 0.2) is 59.5 Å². The number of benzene rings is 2. The lowest BCUT2D eigenvalue weighted by Gasteiger charge is -2.36. The van der Waals surface area contributed by atoms with E-state index in [9.17, 15) is 18.0 Å². The molecule has 2 aromatic rings. The van der Waals surface area contributed by atoms with E-state index < -0.39 is 15.7 Å². The molecule has 0 bridgehead atoms. The minimum atomic E-state index is -3.51. The van der Waals surface area contributed by atoms with Gasteiger partial charge in [-0.2, -0.15) is 0 Å². The highest BCUT2D eigenvalue weighted by Crippen LogP contribution is 2.18. The van der Waals surface area contributed by atoms with Crippen molar-refractivity contribution in [3.05, 3.63) is 60.2 Å². The van der Waals surface area contributed by atoms with E-state index in [-0.39, 0.29) is 35.1 Å². The zero-order valence-corrected chi connectivity index (χ0v) is 18.6. The number of sulfone groups is 1. The first-order chi connectivity index (χ1) is 14.9. The number of anilines is 1. The van der Waals surface area contributed by atoms with Crippen molar-refractivity contribution in [2.75, 3.05) is 43.4 Å². The van der Waals surface area contributed by atoms with Gasteiger partial charge in [-0.15, -0.1) is 0 Å². The van der Waals surface area contributed by atoms with Gasteiger partial charge in [-0.3, -0.25) is 9.59 Å². The van der Waals surface area contributed by atoms with Gasteiger partial charge >= 0.3 is 0 Å². The van der Waals surface area contributed by atoms with Crippen LogP contribution in [0.4, 0.5) is 5.69 Å². The Labute approximate surface area is 184 Å². The van der Waals surface area contributed by atoms with Crippen molar-refractivity contribution in [1.82, 2.24) is 10.2 Å². The molecule has 166 valence electrons. The fraction of sp³-hybridized carbons (Fsp3) is 0.391. The third kappa shape index (κ3) is 5.85. The molecule has 0 aromatic heterocycles. The van der Waals surface area contributed by atoms with Crippen LogP contribution >= 0.6 is 0 Å². The molecule has 3 rings (SSSR count). The maximum atomic E-state index is 12.6. The zero-order valence-electron chi connectivity index (χ0n) is 17.8. The highest BCUT2D eigenvalue weighted by Gasteiger charge is 2.23. The molecule has 0 atom stereocenters. The molecule has 1 heterocycles. The number of hydrogen-bond acceptors (Lipinski definition) is 5. The molecule has 1 aliphatic heterocycles. The van der Waals surface area contributed by atoms with E-state index in [1.54, 1.807) is 19.1 Å². The van der Waals surface area contributed by atoms with Crippen LogP contribution in [0.5, 0.6) is 0 Å². The molecule has 0 radical (unpaired) electrons. The Bertz CT molecular complexity index is 1000. The molecule has 8 heteroatoms. The number of piperazine rings is 1. The third-order valence-electron chi connectivity index (χ3n) is 5.32. The van der Waals surface area contributed by atoms with Crippen molar-refractivity contribution in [1.29, 1.82) is 0 Å². The molecule has 0 saturated carbocycles. The Morgan fingerprint density at radius 1 is 0.935 bits per heavy atom. The summed E-state index contributed by atoms with van der Waals surface area (Å²) in [4.78, 5) is 29.2. The number of nitrogens with one attached hydrogen (secondary N) is 1. The van der Waals surface area contributed by atoms with Crippen LogP contribution in [0.25, 0.3) is 0 Å². The Kier molecular flexibility index (Phi) is 7.68. The predicted octanol–water partition coefficient (Wildman–Crippen LogP) is 2.34. The van der Waals surface area contributed by atoms with Crippen LogP contribution in [-0.2, 0) is 14.6 Å². The molecule has 1 saturated heterocycles. The number of amides is 2. The van der Waals surface area contributed by atoms with Crippen LogP contribution in [0.2, 0.25) is 0 Å². The molecule has 1 aliphatic rings. The van der Waals surface area contributed by atoms with Crippen molar-refractivity contribution < 1.29 is 18.0 Å². The molecule has 2 aromatic carbocycles. The molecule has 1 fully saturated rings. The number of carbonyl (C=O) groups excluding carboxylic acids is 2. The van der Waals surface area contributed by atoms with Crippen molar-refractivity contribution in [2.24, 2.45) is 0 Å². The Morgan fingerprint density at radius 2 is 1.58 bits per heavy atom. The monoisotopic (exact) mass is 443 g/mol. The molecule has 0 unspecified atom stereocenters. The number of hydrogen-bond donors (Lipinski definition) is 1. The van der Waals surface area contributed by atoms with Crippen molar-refractivity contribution in [3.8, 4) is 0 Å². The SMILES string of the molecule is CCCS(=O)(=O)c1ccccc1C(=O)NCCC(=O)N1CCN(c2ccccc2)CC1. The minimum Gasteiger partial charge on any atom is -0.368 e. The van der Waals surface area contributed by atoms with E-state index >= 15 is 0 Å². The number of para-hydroxylation sites is 1. The summed E-state index contributed by atoms with van der Waals surface area (Å²) in [5, 5.41) is 2.70. The van der Waals surface area contributed by atoms with E-state index in [4.69, 9.17) is 0 Å². The largest absolute Gasteiger partial charge is 0.368 e. The smallest absolute Gasteiger partial charge is 0.252 e. The second-order valence-corrected chi connectivity index (χ2v) is 9.60. The molecular formula is C23H29N3O4S. The molecule has 1 N–H and O–H groups in total. The van der Waals surface area contributed by atoms with Crippen LogP contribution < -0.4 is 10.2 Å². The van der Waals surface area contributed by atoms with Crippen molar-refractivity contribution >= 4 is 27.3 Å². The predicted molar refractivity (Wildman–Crippen MR) is 121 cm³/mol. The Hall–Kier alpha value is -2.87. The van der Waals surface area contributed by atoms with Gasteiger partial charge in [0, 0.05) is 44.8 Å². The topological polar surface area (TPSA) is 86.8 Å². The highest BCUT2D eigenvalue weighted by atomic mass is 32.2. The molecular weight excluding hydrogens is 414 g/mol. The summed E-state index contributed by atoms with van der Waals surface area (Å²) in [7, 11) is -3.51. The van der Waals surface area contributed by atoms with Crippen LogP contribution in [0.3, 0.4) is 0 Å². The van der Waals surface area contributed by atoms with Gasteiger partial charge < -0.3 is 15.1 Å². The molecule has 0 spiro atoms. The van der Waals surface area contributed by atoms with Gasteiger partial charge in [0.05, 0.1) is 16.2 Å². The number of nitrogens with zero attached hydrogens (tertiary/aromatic N) is 2. The van der Waals surface area contributed by atoms with Gasteiger partial charge in [-0.25, -0.2) is 8.42 Å². The second-order valence-electron chi connectivity index (χ2n) is 7.52. The number of rotatable bonds is 8. The third-order valence-corrected chi connectivity index (χ3v) is 7.29. The standard InChI is InChI=1S/C23H29N3O4S/c1-2-18-31(29,30)21-11-7-6-10-20(21)23(28)24-13-12-22(27)26-16-14-25(15-17-26)19-8-4-3-5-9-19/h3-11H,2,12-18H2,1H3,(H,24,28). The van der Waals surface area contributed by atoms with Gasteiger partial charge in [0.25, 0.3) is 5.91 Å². The average molecular weight is 444 g/mol. The fourth-order valence-corrected chi connectivity index (χ4v) is 5.23. The van der Waals surface area contributed by atoms with Crippen molar-refractivity contribution in [3.63, 3.8) is 0 Å². The highest BCUT2D eigenvalue weighted by molar-refractivity contribution is 7.91. The van der Waals surface area contributed by atoms with Crippen LogP contribution in [0.1, 0.15) is 30.1 Å². The molecule has 0 aliphatic carbocycles. The average Bonchev–Trinajstić information content (AvgIpc) is 2.79. The van der Waals surface area contributed by atoms with E-state index in [1.807, 2.05) is 23.1 Å². The van der Waals surface area contributed by atoms with Gasteiger partial charge in [0.2, 0.25) is 5.91 Å². The summed E-state index contributed by atoms with van der Waals surface area (Å²) >= 11 is 0. The normalized spacial score (nSPS) is 14.4. The summed E-state index contributed by atoms with van der Waals surface area (Å²) in [6, 6.07) is 16.3. The summed E-state index contributed by atoms with van der Waals surface area (Å²) in [6.45, 7) is 4.76. The lowest BCUT2D eigenvalue weighted by molar-refractivity contribution is -0.131. The van der Waals surface area contributed by atoms with Crippen LogP contribution in [0, 0.1) is 0 Å². The zero-order chi connectivity index (χ0) is 22.3. The maximum absolute atomic E-state index is 12.6. The first kappa shape index (κ1) is 22.8. The fourth-order valence-electron chi connectivity index (χ4n) is 3.69. The summed E-state index contributed by atoms with van der Waals surface area (Å²) in [5.74, 6) is -0.498. The lowest BCUT2D eigenvalue weighted by Crippen LogP contribution is -2.49. The summed E-state index contributed by atoms with van der Waals surface area (Å²) in [6.07, 6.45) is 0.658. The van der Waals surface area contributed by atoms with Crippen LogP contribution in [-0.4, -0.2) is 63.6 Å². The van der Waals surface area contributed by atoms with E-state index in [1.165, 1.54) is 12.1 Å². The molecule has 7 nitrogen and oxygen atoms in total. The van der Waals surface area contributed by atoms with Gasteiger partial charge in [0.1, 0.15) is 0 Å². The summed E-state index contributed by atoms with van der Waals surface area (Å²) in [5.41, 5.74) is 1.28. The quantitative estimate of drug-likeness (QED) is 0.677. The minimum absolute atomic E-state index is 0.00919. The Morgan fingerprint density at radius 3 is 2.26 bits per heavy atom. The maximum Gasteiger partial charge on any atom is 0.252 e. The molecule has 2 amide bonds. The second kappa shape index (κ2) is 10.4. The Balaban J connectivity index is 1.50. The number of carbonyl (C=O) groups is 2.